The fourth-order valence-electron chi connectivity index (χ4n) is 0.374. The van der Waals surface area contributed by atoms with E-state index in [1.54, 1.807) is 0 Å². The van der Waals surface area contributed by atoms with Crippen molar-refractivity contribution in [3.63, 3.8) is 0 Å². The molecule has 8 nitrogen and oxygen atoms in total. The van der Waals surface area contributed by atoms with Crippen molar-refractivity contribution in [2.24, 2.45) is 0 Å². The first kappa shape index (κ1) is 30.4. The summed E-state index contributed by atoms with van der Waals surface area (Å²) < 4.78 is 3.59. The molecule has 0 aromatic heterocycles. The minimum absolute atomic E-state index is 0. The summed E-state index contributed by atoms with van der Waals surface area (Å²) in [7, 11) is 1.07. The van der Waals surface area contributed by atoms with Gasteiger partial charge in [0.1, 0.15) is 6.42 Å². The van der Waals surface area contributed by atoms with Gasteiger partial charge in [-0.05, 0) is 0 Å². The molecule has 0 saturated carbocycles. The second-order valence-corrected chi connectivity index (χ2v) is 1.54. The number of carbonyl (C=O) groups is 3. The van der Waals surface area contributed by atoms with Crippen LogP contribution in [0.3, 0.4) is 0 Å². The third-order valence-electron chi connectivity index (χ3n) is 0.666. The average Bonchev–Trinajstić information content (AvgIpc) is 1.84. The van der Waals surface area contributed by atoms with Gasteiger partial charge in [0.2, 0.25) is 0 Å². The van der Waals surface area contributed by atoms with Gasteiger partial charge in [0.15, 0.2) is 0 Å². The quantitative estimate of drug-likeness (QED) is 0.176. The zero-order valence-corrected chi connectivity index (χ0v) is 15.6. The normalized spacial score (nSPS) is 6.56. The standard InChI is InChI=1S/C5H6O7.3Na.H2O/c1-10-12-4(7)2-3(6)11-5(8)9;;;;/h2H2,1H3,(H,8,9);;;;1H2/q;3*+1;. The molecule has 0 rings (SSSR count). The zero-order chi connectivity index (χ0) is 9.56. The van der Waals surface area contributed by atoms with Crippen LogP contribution in [0, 0.1) is 0 Å². The number of carboxylic acid groups (broad SMARTS) is 1. The van der Waals surface area contributed by atoms with Gasteiger partial charge in [0.25, 0.3) is 0 Å². The van der Waals surface area contributed by atoms with Gasteiger partial charge in [-0.25, -0.2) is 9.59 Å². The molecule has 0 heterocycles. The summed E-state index contributed by atoms with van der Waals surface area (Å²) in [5, 5.41) is 7.90. The van der Waals surface area contributed by atoms with E-state index in [-0.39, 0.29) is 94.1 Å². The van der Waals surface area contributed by atoms with Gasteiger partial charge in [0, 0.05) is 0 Å². The number of carbonyl (C=O) groups excluding carboxylic acids is 2. The number of ether oxygens (including phenoxy) is 1. The van der Waals surface area contributed by atoms with Crippen LogP contribution in [-0.2, 0) is 24.1 Å². The molecule has 0 bridgehead atoms. The van der Waals surface area contributed by atoms with Crippen molar-refractivity contribution in [3.05, 3.63) is 0 Å². The second kappa shape index (κ2) is 18.7. The van der Waals surface area contributed by atoms with Gasteiger partial charge >= 0.3 is 107 Å². The van der Waals surface area contributed by atoms with Crippen LogP contribution in [0.15, 0.2) is 0 Å². The molecular weight excluding hydrogens is 257 g/mol. The topological polar surface area (TPSA) is 131 Å². The smallest absolute Gasteiger partial charge is 0.449 e. The molecule has 0 spiro atoms. The summed E-state index contributed by atoms with van der Waals surface area (Å²) in [4.78, 5) is 38.3. The maximum absolute atomic E-state index is 10.4. The van der Waals surface area contributed by atoms with E-state index >= 15 is 0 Å². The minimum atomic E-state index is -1.77. The van der Waals surface area contributed by atoms with Crippen molar-refractivity contribution >= 4 is 18.1 Å². The molecule has 0 atom stereocenters. The molecule has 0 aromatic rings. The summed E-state index contributed by atoms with van der Waals surface area (Å²) in [5.41, 5.74) is 0. The van der Waals surface area contributed by atoms with E-state index in [2.05, 4.69) is 14.5 Å². The number of rotatable bonds is 3. The molecule has 0 fully saturated rings. The number of esters is 1. The number of hydrogen-bond acceptors (Lipinski definition) is 6. The summed E-state index contributed by atoms with van der Waals surface area (Å²) in [6.45, 7) is 0. The van der Waals surface area contributed by atoms with Crippen LogP contribution < -0.4 is 88.7 Å². The predicted octanol–water partition coefficient (Wildman–Crippen LogP) is -10.1. The van der Waals surface area contributed by atoms with E-state index in [1.807, 2.05) is 0 Å². The molecule has 0 amide bonds. The molecule has 0 radical (unpaired) electrons. The zero-order valence-electron chi connectivity index (χ0n) is 9.60. The van der Waals surface area contributed by atoms with Crippen molar-refractivity contribution in [1.82, 2.24) is 0 Å². The van der Waals surface area contributed by atoms with E-state index in [1.165, 1.54) is 0 Å². The average molecular weight is 265 g/mol. The van der Waals surface area contributed by atoms with Crippen LogP contribution in [0.5, 0.6) is 0 Å². The van der Waals surface area contributed by atoms with Crippen molar-refractivity contribution in [3.8, 4) is 0 Å². The Kier molecular flexibility index (Phi) is 35.5. The monoisotopic (exact) mass is 265 g/mol. The summed E-state index contributed by atoms with van der Waals surface area (Å²) in [6.07, 6.45) is -2.58. The molecule has 11 heteroatoms. The van der Waals surface area contributed by atoms with Gasteiger partial charge in [-0.15, -0.1) is 0 Å². The Morgan fingerprint density at radius 3 is 1.81 bits per heavy atom. The van der Waals surface area contributed by atoms with Crippen LogP contribution in [0.1, 0.15) is 6.42 Å². The minimum Gasteiger partial charge on any atom is -0.449 e. The molecule has 0 unspecified atom stereocenters. The maximum atomic E-state index is 10.4. The third kappa shape index (κ3) is 20.7. The van der Waals surface area contributed by atoms with Gasteiger partial charge in [-0.1, -0.05) is 0 Å². The summed E-state index contributed by atoms with van der Waals surface area (Å²) in [5.74, 6) is -2.24. The molecule has 16 heavy (non-hydrogen) atoms. The van der Waals surface area contributed by atoms with E-state index in [4.69, 9.17) is 5.11 Å². The van der Waals surface area contributed by atoms with Gasteiger partial charge in [-0.3, -0.25) is 9.68 Å². The SMILES string of the molecule is COOC(=O)CC(=O)OC(=O)O.O.[Na+].[Na+].[Na+]. The van der Waals surface area contributed by atoms with Crippen LogP contribution in [0.4, 0.5) is 4.79 Å². The summed E-state index contributed by atoms with van der Waals surface area (Å²) in [6, 6.07) is 0. The van der Waals surface area contributed by atoms with Crippen LogP contribution >= 0.6 is 0 Å². The molecule has 76 valence electrons. The van der Waals surface area contributed by atoms with E-state index in [0.717, 1.165) is 7.11 Å². The maximum Gasteiger partial charge on any atom is 1.00 e. The second-order valence-electron chi connectivity index (χ2n) is 1.54. The fraction of sp³-hybridized carbons (Fsp3) is 0.400. The van der Waals surface area contributed by atoms with Crippen LogP contribution in [-0.4, -0.2) is 35.8 Å². The Bertz CT molecular complexity index is 208. The van der Waals surface area contributed by atoms with Gasteiger partial charge < -0.3 is 15.3 Å². The largest absolute Gasteiger partial charge is 1.00 e. The Hall–Kier alpha value is 1.33. The number of hydrogen-bond donors (Lipinski definition) is 1. The third-order valence-corrected chi connectivity index (χ3v) is 0.666. The van der Waals surface area contributed by atoms with Crippen LogP contribution in [0.25, 0.3) is 0 Å². The molecule has 0 saturated heterocycles. The fourth-order valence-corrected chi connectivity index (χ4v) is 0.374. The van der Waals surface area contributed by atoms with Gasteiger partial charge in [-0.2, -0.15) is 4.89 Å². The Morgan fingerprint density at radius 1 is 1.06 bits per heavy atom. The van der Waals surface area contributed by atoms with Crippen molar-refractivity contribution < 1.29 is 128 Å². The Labute approximate surface area is 157 Å². The molecular formula is C5H8Na3O8+3. The van der Waals surface area contributed by atoms with E-state index in [9.17, 15) is 14.4 Å². The molecule has 0 aliphatic rings. The van der Waals surface area contributed by atoms with Crippen molar-refractivity contribution in [2.45, 2.75) is 6.42 Å². The first-order valence-corrected chi connectivity index (χ1v) is 2.73. The van der Waals surface area contributed by atoms with E-state index in [0.29, 0.717) is 0 Å². The molecule has 0 aliphatic heterocycles. The molecule has 0 aliphatic carbocycles. The predicted molar refractivity (Wildman–Crippen MR) is 35.4 cm³/mol. The molecule has 3 N–H and O–H groups in total. The molecule has 0 aromatic carbocycles. The first-order valence-electron chi connectivity index (χ1n) is 2.73. The Morgan fingerprint density at radius 2 is 1.50 bits per heavy atom. The van der Waals surface area contributed by atoms with E-state index < -0.39 is 24.5 Å². The summed E-state index contributed by atoms with van der Waals surface area (Å²) >= 11 is 0. The first-order chi connectivity index (χ1) is 5.56. The van der Waals surface area contributed by atoms with Crippen molar-refractivity contribution in [1.29, 1.82) is 0 Å². The van der Waals surface area contributed by atoms with Gasteiger partial charge in [0.05, 0.1) is 7.11 Å². The Balaban J connectivity index is -0.000000101. The van der Waals surface area contributed by atoms with Crippen LogP contribution in [0.2, 0.25) is 0 Å². The van der Waals surface area contributed by atoms with Crippen molar-refractivity contribution in [2.75, 3.05) is 7.11 Å².